The number of hydrogen-bond acceptors (Lipinski definition) is 20. The first-order valence-electron chi connectivity index (χ1n) is 23.8. The van der Waals surface area contributed by atoms with E-state index in [1.54, 1.807) is 78.8 Å². The molecule has 0 radical (unpaired) electrons. The van der Waals surface area contributed by atoms with Gasteiger partial charge in [0.15, 0.2) is 36.7 Å². The highest BCUT2D eigenvalue weighted by molar-refractivity contribution is 5.73. The summed E-state index contributed by atoms with van der Waals surface area (Å²) < 4.78 is 79.9. The topological polar surface area (TPSA) is 226 Å². The van der Waals surface area contributed by atoms with Gasteiger partial charge in [0.2, 0.25) is 0 Å². The van der Waals surface area contributed by atoms with E-state index in [1.807, 2.05) is 13.0 Å². The number of nitrogens with zero attached hydrogens (tertiary/aromatic N) is 1. The number of hydrogen-bond donors (Lipinski definition) is 0. The molecule has 0 spiro atoms. The lowest BCUT2D eigenvalue weighted by atomic mass is 9.82. The van der Waals surface area contributed by atoms with E-state index >= 15 is 0 Å². The molecule has 3 heterocycles. The standard InChI is InChI=1S/C49H79NO19/c1-16-37(54)65-36-25-39(56)60-28(4)21-19-18-20-22-35(63-31(7)51)27(3)23-34(24-40(57-13)58-14)44(45(36)59-15)68-48-46(64-32(8)52)42(50(11)12)43(29(5)62-48)67-41-26-49(10,69-33(9)53)47(30(6)61-41)66-38(55)17-2/h18-20,22,27-30,34-36,40-48H,16-17,21,23-26H2,1-15H3/t27-,28-,29?,30?,34-,35+,36-,41?,42?,43?,44+,45?,46?,47?,48?,49?/m1/s1. The Bertz CT molecular complexity index is 1740. The molecule has 3 rings (SSSR count). The Morgan fingerprint density at radius 3 is 1.99 bits per heavy atom. The van der Waals surface area contributed by atoms with Crippen LogP contribution in [0.3, 0.4) is 0 Å². The van der Waals surface area contributed by atoms with Gasteiger partial charge in [-0.25, -0.2) is 0 Å². The molecule has 0 aromatic carbocycles. The first-order valence-corrected chi connectivity index (χ1v) is 23.8. The lowest BCUT2D eigenvalue weighted by Crippen LogP contribution is -2.67. The summed E-state index contributed by atoms with van der Waals surface area (Å²) >= 11 is 0. The Morgan fingerprint density at radius 1 is 0.783 bits per heavy atom. The Labute approximate surface area is 407 Å². The average molecular weight is 986 g/mol. The first kappa shape index (κ1) is 59.3. The molecule has 20 heteroatoms. The van der Waals surface area contributed by atoms with Crippen molar-refractivity contribution in [3.05, 3.63) is 24.3 Å². The zero-order valence-corrected chi connectivity index (χ0v) is 43.2. The van der Waals surface area contributed by atoms with Gasteiger partial charge in [-0.05, 0) is 66.1 Å². The molecule has 394 valence electrons. The van der Waals surface area contributed by atoms with Crippen molar-refractivity contribution < 1.29 is 90.3 Å². The number of carbonyl (C=O) groups is 6. The van der Waals surface area contributed by atoms with Gasteiger partial charge in [-0.15, -0.1) is 0 Å². The molecule has 0 N–H and O–H groups in total. The zero-order valence-electron chi connectivity index (χ0n) is 43.2. The third kappa shape index (κ3) is 17.7. The second-order valence-electron chi connectivity index (χ2n) is 18.4. The maximum atomic E-state index is 13.7. The SMILES string of the molecule is CCC(=O)OC1C(C)OC(OC2C(C)OC(O[C@@H]3C(OC)[C@H](OC(=O)CC)CC(=O)O[C@H](C)CC=CC=C[C@H](OC(C)=O)[C@H](C)C[C@@H]3CC(OC)OC)C(OC(C)=O)C2N(C)C)CC1(C)OC(C)=O. The van der Waals surface area contributed by atoms with Crippen LogP contribution in [-0.4, -0.2) is 168 Å². The van der Waals surface area contributed by atoms with Gasteiger partial charge in [0.1, 0.15) is 30.5 Å². The molecule has 69 heavy (non-hydrogen) atoms. The van der Waals surface area contributed by atoms with Crippen LogP contribution in [0.25, 0.3) is 0 Å². The number of rotatable bonds is 17. The number of carbonyl (C=O) groups excluding carboxylic acids is 6. The molecule has 2 fully saturated rings. The Hall–Kier alpha value is -4.02. The summed E-state index contributed by atoms with van der Waals surface area (Å²) in [6.45, 7) is 15.8. The van der Waals surface area contributed by atoms with Crippen LogP contribution in [0.4, 0.5) is 0 Å². The van der Waals surface area contributed by atoms with Crippen LogP contribution in [0.1, 0.15) is 114 Å². The van der Waals surface area contributed by atoms with Crippen molar-refractivity contribution in [3.63, 3.8) is 0 Å². The van der Waals surface area contributed by atoms with Gasteiger partial charge in [-0.2, -0.15) is 0 Å². The predicted molar refractivity (Wildman–Crippen MR) is 246 cm³/mol. The maximum absolute atomic E-state index is 13.7. The van der Waals surface area contributed by atoms with Crippen molar-refractivity contribution in [3.8, 4) is 0 Å². The minimum absolute atomic E-state index is 0.0290. The van der Waals surface area contributed by atoms with E-state index in [2.05, 4.69) is 0 Å². The zero-order chi connectivity index (χ0) is 51.7. The van der Waals surface area contributed by atoms with Crippen LogP contribution >= 0.6 is 0 Å². The summed E-state index contributed by atoms with van der Waals surface area (Å²) in [5.41, 5.74) is -1.36. The Balaban J connectivity index is 2.26. The minimum Gasteiger partial charge on any atom is -0.462 e. The number of methoxy groups -OCH3 is 3. The van der Waals surface area contributed by atoms with Crippen molar-refractivity contribution in [1.29, 1.82) is 0 Å². The monoisotopic (exact) mass is 986 g/mol. The van der Waals surface area contributed by atoms with Crippen LogP contribution in [-0.2, 0) is 90.3 Å². The highest BCUT2D eigenvalue weighted by atomic mass is 16.7. The second kappa shape index (κ2) is 28.1. The molecule has 2 saturated heterocycles. The molecule has 16 atom stereocenters. The van der Waals surface area contributed by atoms with Gasteiger partial charge in [-0.1, -0.05) is 39.0 Å². The van der Waals surface area contributed by atoms with Gasteiger partial charge < -0.3 is 66.5 Å². The highest BCUT2D eigenvalue weighted by Gasteiger charge is 2.56. The molecule has 0 aromatic rings. The minimum atomic E-state index is -1.38. The summed E-state index contributed by atoms with van der Waals surface area (Å²) in [7, 11) is 7.88. The highest BCUT2D eigenvalue weighted by Crippen LogP contribution is 2.40. The number of cyclic esters (lactones) is 1. The van der Waals surface area contributed by atoms with E-state index in [4.69, 9.17) is 61.6 Å². The second-order valence-corrected chi connectivity index (χ2v) is 18.4. The first-order chi connectivity index (χ1) is 32.5. The van der Waals surface area contributed by atoms with Crippen molar-refractivity contribution in [1.82, 2.24) is 4.90 Å². The van der Waals surface area contributed by atoms with E-state index in [0.717, 1.165) is 0 Å². The lowest BCUT2D eigenvalue weighted by molar-refractivity contribution is -0.346. The number of ether oxygens (including phenoxy) is 13. The molecular formula is C49H79NO19. The van der Waals surface area contributed by atoms with Crippen LogP contribution in [0.15, 0.2) is 24.3 Å². The molecule has 0 aromatic heterocycles. The fraction of sp³-hybridized carbons (Fsp3) is 0.796. The molecule has 20 nitrogen and oxygen atoms in total. The summed E-state index contributed by atoms with van der Waals surface area (Å²) in [5.74, 6) is -4.65. The smallest absolute Gasteiger partial charge is 0.309 e. The number of allylic oxidation sites excluding steroid dienone is 2. The van der Waals surface area contributed by atoms with Crippen molar-refractivity contribution in [2.45, 2.75) is 206 Å². The number of likely N-dealkylation sites (N-methyl/N-ethyl adjacent to an activating group) is 1. The van der Waals surface area contributed by atoms with E-state index in [9.17, 15) is 28.8 Å². The summed E-state index contributed by atoms with van der Waals surface area (Å²) in [5, 5.41) is 0. The van der Waals surface area contributed by atoms with E-state index in [1.165, 1.54) is 42.1 Å². The molecule has 10 unspecified atom stereocenters. The fourth-order valence-corrected chi connectivity index (χ4v) is 9.27. The predicted octanol–water partition coefficient (Wildman–Crippen LogP) is 4.90. The Morgan fingerprint density at radius 2 is 1.42 bits per heavy atom. The summed E-state index contributed by atoms with van der Waals surface area (Å²) in [6, 6.07) is -0.816. The maximum Gasteiger partial charge on any atom is 0.309 e. The normalized spacial score (nSPS) is 34.9. The molecule has 3 aliphatic heterocycles. The average Bonchev–Trinajstić information content (AvgIpc) is 3.25. The van der Waals surface area contributed by atoms with Crippen LogP contribution in [0.2, 0.25) is 0 Å². The molecule has 3 aliphatic rings. The fourth-order valence-electron chi connectivity index (χ4n) is 9.27. The number of esters is 6. The van der Waals surface area contributed by atoms with Crippen LogP contribution < -0.4 is 0 Å². The van der Waals surface area contributed by atoms with Gasteiger partial charge >= 0.3 is 35.8 Å². The lowest BCUT2D eigenvalue weighted by Gasteiger charge is -2.51. The summed E-state index contributed by atoms with van der Waals surface area (Å²) in [6.07, 6.45) is -5.52. The third-order valence-electron chi connectivity index (χ3n) is 12.4. The molecule has 0 saturated carbocycles. The van der Waals surface area contributed by atoms with E-state index < -0.39 is 146 Å². The van der Waals surface area contributed by atoms with Crippen molar-refractivity contribution >= 4 is 35.8 Å². The van der Waals surface area contributed by atoms with Gasteiger partial charge in [0, 0.05) is 74.2 Å². The van der Waals surface area contributed by atoms with Crippen LogP contribution in [0, 0.1) is 11.8 Å². The third-order valence-corrected chi connectivity index (χ3v) is 12.4. The van der Waals surface area contributed by atoms with Gasteiger partial charge in [0.05, 0.1) is 30.8 Å². The molecular weight excluding hydrogens is 907 g/mol. The van der Waals surface area contributed by atoms with E-state index in [0.29, 0.717) is 6.42 Å². The molecule has 0 aliphatic carbocycles. The van der Waals surface area contributed by atoms with Gasteiger partial charge in [0.25, 0.3) is 0 Å². The molecule has 0 amide bonds. The largest absolute Gasteiger partial charge is 0.462 e. The van der Waals surface area contributed by atoms with Crippen LogP contribution in [0.5, 0.6) is 0 Å². The van der Waals surface area contributed by atoms with E-state index in [-0.39, 0.29) is 32.1 Å². The van der Waals surface area contributed by atoms with Gasteiger partial charge in [-0.3, -0.25) is 28.8 Å². The van der Waals surface area contributed by atoms with Crippen molar-refractivity contribution in [2.75, 3.05) is 35.4 Å². The quantitative estimate of drug-likeness (QED) is 0.107. The Kier molecular flexibility index (Phi) is 24.2. The molecule has 0 bridgehead atoms. The summed E-state index contributed by atoms with van der Waals surface area (Å²) in [4.78, 5) is 79.3. The van der Waals surface area contributed by atoms with Crippen molar-refractivity contribution in [2.24, 2.45) is 11.8 Å².